The van der Waals surface area contributed by atoms with Gasteiger partial charge in [-0.1, -0.05) is 48.5 Å². The smallest absolute Gasteiger partial charge is 0.146 e. The monoisotopic (exact) mass is 526 g/mol. The average Bonchev–Trinajstić information content (AvgIpc) is 3.39. The number of benzene rings is 2. The van der Waals surface area contributed by atoms with E-state index < -0.39 is 0 Å². The average molecular weight is 527 g/mol. The zero-order valence-electron chi connectivity index (χ0n) is 21.9. The van der Waals surface area contributed by atoms with Crippen LogP contribution in [-0.2, 0) is 0 Å². The summed E-state index contributed by atoms with van der Waals surface area (Å²) in [6.45, 7) is 0. The molecule has 6 heterocycles. The Morgan fingerprint density at radius 2 is 1.34 bits per heavy atom. The highest BCUT2D eigenvalue weighted by Crippen LogP contribution is 2.34. The predicted molar refractivity (Wildman–Crippen MR) is 164 cm³/mol. The molecule has 192 valence electrons. The molecule has 8 rings (SSSR count). The highest BCUT2D eigenvalue weighted by molar-refractivity contribution is 6.07. The van der Waals surface area contributed by atoms with Crippen LogP contribution in [0.1, 0.15) is 0 Å². The lowest BCUT2D eigenvalue weighted by molar-refractivity contribution is 1.06. The first-order valence-electron chi connectivity index (χ1n) is 13.4. The maximum absolute atomic E-state index is 5.15. The van der Waals surface area contributed by atoms with E-state index in [-0.39, 0.29) is 0 Å². The summed E-state index contributed by atoms with van der Waals surface area (Å²) >= 11 is 0. The second kappa shape index (κ2) is 9.47. The zero-order chi connectivity index (χ0) is 27.2. The lowest BCUT2D eigenvalue weighted by Gasteiger charge is -2.12. The van der Waals surface area contributed by atoms with Crippen LogP contribution in [-0.4, -0.2) is 29.5 Å². The summed E-state index contributed by atoms with van der Waals surface area (Å²) in [6, 6.07) is 36.9. The first-order chi connectivity index (χ1) is 20.3. The molecular weight excluding hydrogens is 504 g/mol. The van der Waals surface area contributed by atoms with Crippen molar-refractivity contribution in [1.82, 2.24) is 29.5 Å². The van der Waals surface area contributed by atoms with Gasteiger partial charge in [-0.2, -0.15) is 0 Å². The van der Waals surface area contributed by atoms with Gasteiger partial charge >= 0.3 is 0 Å². The van der Waals surface area contributed by atoms with Gasteiger partial charge in [0.2, 0.25) is 0 Å². The second-order valence-electron chi connectivity index (χ2n) is 9.86. The summed E-state index contributed by atoms with van der Waals surface area (Å²) in [5, 5.41) is 3.33. The summed E-state index contributed by atoms with van der Waals surface area (Å²) in [5.74, 6) is 0.786. The molecule has 6 nitrogen and oxygen atoms in total. The van der Waals surface area contributed by atoms with E-state index in [1.807, 2.05) is 67.1 Å². The molecule has 0 aliphatic rings. The molecule has 0 radical (unpaired) electrons. The van der Waals surface area contributed by atoms with Gasteiger partial charge in [0.15, 0.2) is 0 Å². The highest BCUT2D eigenvalue weighted by atomic mass is 15.1. The van der Waals surface area contributed by atoms with Crippen molar-refractivity contribution in [2.75, 3.05) is 0 Å². The van der Waals surface area contributed by atoms with Crippen LogP contribution in [0.5, 0.6) is 0 Å². The van der Waals surface area contributed by atoms with Gasteiger partial charge < -0.3 is 0 Å². The minimum absolute atomic E-state index is 0.768. The number of fused-ring (bicyclic) bond motifs is 4. The van der Waals surface area contributed by atoms with E-state index in [4.69, 9.17) is 19.9 Å². The van der Waals surface area contributed by atoms with Gasteiger partial charge in [-0.3, -0.25) is 14.5 Å². The Morgan fingerprint density at radius 1 is 0.537 bits per heavy atom. The number of rotatable bonds is 4. The van der Waals surface area contributed by atoms with Crippen LogP contribution in [0.3, 0.4) is 0 Å². The van der Waals surface area contributed by atoms with Gasteiger partial charge in [0.25, 0.3) is 0 Å². The molecule has 6 aromatic heterocycles. The molecule has 8 aromatic rings. The number of para-hydroxylation sites is 2. The third-order valence-corrected chi connectivity index (χ3v) is 7.39. The molecule has 0 saturated heterocycles. The van der Waals surface area contributed by atoms with Crippen LogP contribution < -0.4 is 0 Å². The van der Waals surface area contributed by atoms with E-state index >= 15 is 0 Å². The van der Waals surface area contributed by atoms with Crippen LogP contribution in [0.25, 0.3) is 72.4 Å². The molecule has 0 aliphatic heterocycles. The Balaban J connectivity index is 1.35. The Morgan fingerprint density at radius 3 is 2.29 bits per heavy atom. The summed E-state index contributed by atoms with van der Waals surface area (Å²) < 4.78 is 2.12. The maximum Gasteiger partial charge on any atom is 0.146 e. The SMILES string of the molecule is c1cncc(-c2cc(-c3cccc4cccnc34)cc(-c3cccc(-n4c5ccccc5c5cccnc54)n3)n2)c1. The molecule has 2 aromatic carbocycles. The van der Waals surface area contributed by atoms with Crippen LogP contribution in [0.4, 0.5) is 0 Å². The molecule has 41 heavy (non-hydrogen) atoms. The minimum Gasteiger partial charge on any atom is -0.278 e. The highest BCUT2D eigenvalue weighted by Gasteiger charge is 2.16. The maximum atomic E-state index is 5.15. The van der Waals surface area contributed by atoms with Gasteiger partial charge in [-0.15, -0.1) is 0 Å². The van der Waals surface area contributed by atoms with E-state index in [1.165, 1.54) is 0 Å². The zero-order valence-corrected chi connectivity index (χ0v) is 21.9. The largest absolute Gasteiger partial charge is 0.278 e. The van der Waals surface area contributed by atoms with Crippen molar-refractivity contribution in [3.8, 4) is 39.6 Å². The van der Waals surface area contributed by atoms with Crippen LogP contribution >= 0.6 is 0 Å². The first kappa shape index (κ1) is 23.2. The second-order valence-corrected chi connectivity index (χ2v) is 9.86. The van der Waals surface area contributed by atoms with E-state index in [0.717, 1.165) is 72.4 Å². The molecule has 0 amide bonds. The molecule has 0 N–H and O–H groups in total. The number of pyridine rings is 5. The van der Waals surface area contributed by atoms with Gasteiger partial charge in [-0.25, -0.2) is 15.0 Å². The van der Waals surface area contributed by atoms with E-state index in [2.05, 4.69) is 70.2 Å². The third-order valence-electron chi connectivity index (χ3n) is 7.39. The molecule has 0 unspecified atom stereocenters. The van der Waals surface area contributed by atoms with Crippen molar-refractivity contribution >= 4 is 32.8 Å². The standard InChI is InChI=1S/C35H22N6/c1-2-15-32-27(11-1)28-13-7-19-38-35(28)41(32)33-16-4-14-29(40-33)31-21-25(20-30(39-31)24-10-5-17-36-22-24)26-12-3-8-23-9-6-18-37-34(23)26/h1-22H. The lowest BCUT2D eigenvalue weighted by atomic mass is 9.99. The topological polar surface area (TPSA) is 69.4 Å². The fourth-order valence-electron chi connectivity index (χ4n) is 5.53. The van der Waals surface area contributed by atoms with Gasteiger partial charge in [0, 0.05) is 52.1 Å². The Kier molecular flexibility index (Phi) is 5.35. The summed E-state index contributed by atoms with van der Waals surface area (Å²) in [6.07, 6.45) is 7.27. The summed E-state index contributed by atoms with van der Waals surface area (Å²) in [4.78, 5) is 24.0. The Bertz CT molecular complexity index is 2160. The quantitative estimate of drug-likeness (QED) is 0.233. The van der Waals surface area contributed by atoms with Gasteiger partial charge in [-0.05, 0) is 66.2 Å². The molecule has 0 spiro atoms. The molecular formula is C35H22N6. The van der Waals surface area contributed by atoms with Crippen LogP contribution in [0.2, 0.25) is 0 Å². The predicted octanol–water partition coefficient (Wildman–Crippen LogP) is 7.91. The Labute approximate surface area is 235 Å². The van der Waals surface area contributed by atoms with Crippen molar-refractivity contribution in [2.45, 2.75) is 0 Å². The fraction of sp³-hybridized carbons (Fsp3) is 0. The molecule has 0 aliphatic carbocycles. The van der Waals surface area contributed by atoms with Gasteiger partial charge in [0.05, 0.1) is 28.1 Å². The summed E-state index contributed by atoms with van der Waals surface area (Å²) in [5.41, 5.74) is 8.24. The number of aromatic nitrogens is 6. The fourth-order valence-corrected chi connectivity index (χ4v) is 5.53. The number of hydrogen-bond acceptors (Lipinski definition) is 5. The third kappa shape index (κ3) is 3.93. The normalized spacial score (nSPS) is 11.4. The molecule has 0 fully saturated rings. The van der Waals surface area contributed by atoms with Gasteiger partial charge in [0.1, 0.15) is 11.5 Å². The van der Waals surface area contributed by atoms with Crippen molar-refractivity contribution in [1.29, 1.82) is 0 Å². The van der Waals surface area contributed by atoms with Crippen molar-refractivity contribution in [3.05, 3.63) is 134 Å². The van der Waals surface area contributed by atoms with Crippen molar-refractivity contribution in [2.24, 2.45) is 0 Å². The Hall–Kier alpha value is -5.75. The van der Waals surface area contributed by atoms with Crippen LogP contribution in [0.15, 0.2) is 134 Å². The lowest BCUT2D eigenvalue weighted by Crippen LogP contribution is -2.00. The molecule has 0 bridgehead atoms. The van der Waals surface area contributed by atoms with E-state index in [1.54, 1.807) is 6.20 Å². The molecule has 0 saturated carbocycles. The number of nitrogens with zero attached hydrogens (tertiary/aromatic N) is 6. The molecule has 6 heteroatoms. The first-order valence-corrected chi connectivity index (χ1v) is 13.4. The minimum atomic E-state index is 0.768. The number of hydrogen-bond donors (Lipinski definition) is 0. The van der Waals surface area contributed by atoms with Crippen molar-refractivity contribution in [3.63, 3.8) is 0 Å². The van der Waals surface area contributed by atoms with E-state index in [9.17, 15) is 0 Å². The van der Waals surface area contributed by atoms with Crippen molar-refractivity contribution < 1.29 is 0 Å². The van der Waals surface area contributed by atoms with E-state index in [0.29, 0.717) is 0 Å². The van der Waals surface area contributed by atoms with Crippen LogP contribution in [0, 0.1) is 0 Å². The summed E-state index contributed by atoms with van der Waals surface area (Å²) in [7, 11) is 0. The molecule has 0 atom stereocenters.